The van der Waals surface area contributed by atoms with Crippen LogP contribution >= 0.6 is 0 Å². The summed E-state index contributed by atoms with van der Waals surface area (Å²) < 4.78 is 6.09. The van der Waals surface area contributed by atoms with Gasteiger partial charge in [0.05, 0.1) is 17.8 Å². The van der Waals surface area contributed by atoms with Crippen molar-refractivity contribution in [2.24, 2.45) is 0 Å². The number of aryl methyl sites for hydroxylation is 1. The van der Waals surface area contributed by atoms with Crippen LogP contribution in [0.2, 0.25) is 0 Å². The summed E-state index contributed by atoms with van der Waals surface area (Å²) in [6, 6.07) is 16.0. The first kappa shape index (κ1) is 20.1. The van der Waals surface area contributed by atoms with Gasteiger partial charge in [0.25, 0.3) is 0 Å². The predicted octanol–water partition coefficient (Wildman–Crippen LogP) is 5.25. The smallest absolute Gasteiger partial charge is 0.243 e. The van der Waals surface area contributed by atoms with E-state index in [4.69, 9.17) is 9.72 Å². The van der Waals surface area contributed by atoms with E-state index in [2.05, 4.69) is 32.9 Å². The Balaban J connectivity index is 1.32. The SMILES string of the molecule is C=CC(=O)NC1CCc2ccc(Oc3cnc4[nH]cc(-c5ccc6ncccc6c5)c4n3)cc21. The minimum atomic E-state index is -0.176. The molecule has 1 amide bonds. The van der Waals surface area contributed by atoms with E-state index >= 15 is 0 Å². The molecule has 166 valence electrons. The van der Waals surface area contributed by atoms with Crippen LogP contribution in [0.4, 0.5) is 0 Å². The molecule has 7 heteroatoms. The van der Waals surface area contributed by atoms with Crippen molar-refractivity contribution in [3.63, 3.8) is 0 Å². The number of aromatic amines is 1. The Hall–Kier alpha value is -4.52. The zero-order valence-corrected chi connectivity index (χ0v) is 18.3. The highest BCUT2D eigenvalue weighted by molar-refractivity contribution is 5.94. The molecule has 2 aromatic carbocycles. The highest BCUT2D eigenvalue weighted by Gasteiger charge is 2.24. The minimum absolute atomic E-state index is 0.0451. The van der Waals surface area contributed by atoms with Crippen molar-refractivity contribution in [3.05, 3.63) is 90.9 Å². The van der Waals surface area contributed by atoms with Gasteiger partial charge in [-0.05, 0) is 65.9 Å². The molecular weight excluding hydrogens is 426 g/mol. The standard InChI is InChI=1S/C27H21N5O2/c1-2-24(33)31-23-10-6-16-5-8-19(13-20(16)23)34-25-15-30-27-26(32-25)21(14-29-27)17-7-9-22-18(12-17)4-3-11-28-22/h2-5,7-9,11-15,23H,1,6,10H2,(H,29,30)(H,31,33). The average molecular weight is 447 g/mol. The molecule has 1 aliphatic rings. The third-order valence-corrected chi connectivity index (χ3v) is 6.19. The van der Waals surface area contributed by atoms with Crippen molar-refractivity contribution >= 4 is 28.0 Å². The maximum Gasteiger partial charge on any atom is 0.243 e. The van der Waals surface area contributed by atoms with E-state index in [1.54, 1.807) is 12.4 Å². The highest BCUT2D eigenvalue weighted by Crippen LogP contribution is 2.35. The van der Waals surface area contributed by atoms with Gasteiger partial charge in [0.1, 0.15) is 11.3 Å². The summed E-state index contributed by atoms with van der Waals surface area (Å²) in [5.74, 6) is 0.881. The second kappa shape index (κ2) is 8.12. The summed E-state index contributed by atoms with van der Waals surface area (Å²) in [6.45, 7) is 3.54. The van der Waals surface area contributed by atoms with E-state index in [0.717, 1.165) is 46.0 Å². The number of fused-ring (bicyclic) bond motifs is 3. The first-order chi connectivity index (χ1) is 16.7. The van der Waals surface area contributed by atoms with Gasteiger partial charge in [0, 0.05) is 23.3 Å². The number of carbonyl (C=O) groups is 1. The van der Waals surface area contributed by atoms with Gasteiger partial charge in [0.2, 0.25) is 11.8 Å². The fourth-order valence-corrected chi connectivity index (χ4v) is 4.53. The largest absolute Gasteiger partial charge is 0.437 e. The monoisotopic (exact) mass is 447 g/mol. The molecule has 2 N–H and O–H groups in total. The van der Waals surface area contributed by atoms with Gasteiger partial charge in [0.15, 0.2) is 5.65 Å². The molecule has 0 bridgehead atoms. The maximum atomic E-state index is 11.8. The Bertz CT molecular complexity index is 1570. The molecule has 1 aliphatic carbocycles. The Morgan fingerprint density at radius 1 is 1.18 bits per heavy atom. The molecule has 0 aliphatic heterocycles. The summed E-state index contributed by atoms with van der Waals surface area (Å²) in [4.78, 5) is 28.6. The Morgan fingerprint density at radius 2 is 2.12 bits per heavy atom. The zero-order chi connectivity index (χ0) is 23.1. The Kier molecular flexibility index (Phi) is 4.80. The number of hydrogen-bond donors (Lipinski definition) is 2. The fourth-order valence-electron chi connectivity index (χ4n) is 4.53. The molecule has 0 fully saturated rings. The molecule has 7 nitrogen and oxygen atoms in total. The van der Waals surface area contributed by atoms with Crippen LogP contribution in [-0.4, -0.2) is 25.8 Å². The van der Waals surface area contributed by atoms with Crippen LogP contribution in [0.3, 0.4) is 0 Å². The quantitative estimate of drug-likeness (QED) is 0.359. The van der Waals surface area contributed by atoms with Crippen LogP contribution < -0.4 is 10.1 Å². The number of aromatic nitrogens is 4. The summed E-state index contributed by atoms with van der Waals surface area (Å²) in [5, 5.41) is 4.05. The first-order valence-electron chi connectivity index (χ1n) is 11.1. The van der Waals surface area contributed by atoms with Crippen LogP contribution in [0.5, 0.6) is 11.6 Å². The van der Waals surface area contributed by atoms with E-state index in [-0.39, 0.29) is 11.9 Å². The summed E-state index contributed by atoms with van der Waals surface area (Å²) in [7, 11) is 0. The van der Waals surface area contributed by atoms with Crippen LogP contribution in [0, 0.1) is 0 Å². The van der Waals surface area contributed by atoms with Gasteiger partial charge in [-0.1, -0.05) is 24.8 Å². The Morgan fingerprint density at radius 3 is 3.03 bits per heavy atom. The Labute approximate surface area is 195 Å². The minimum Gasteiger partial charge on any atom is -0.437 e. The summed E-state index contributed by atoms with van der Waals surface area (Å²) >= 11 is 0. The molecule has 0 radical (unpaired) electrons. The molecule has 34 heavy (non-hydrogen) atoms. The summed E-state index contributed by atoms with van der Waals surface area (Å²) in [5.41, 5.74) is 6.61. The molecule has 3 heterocycles. The molecule has 0 saturated heterocycles. The second-order valence-corrected chi connectivity index (χ2v) is 8.29. The number of ether oxygens (including phenoxy) is 1. The molecular formula is C27H21N5O2. The average Bonchev–Trinajstić information content (AvgIpc) is 3.47. The van der Waals surface area contributed by atoms with E-state index in [1.807, 2.05) is 48.7 Å². The van der Waals surface area contributed by atoms with Gasteiger partial charge in [-0.2, -0.15) is 0 Å². The topological polar surface area (TPSA) is 92.8 Å². The van der Waals surface area contributed by atoms with Gasteiger partial charge in [-0.25, -0.2) is 9.97 Å². The van der Waals surface area contributed by atoms with E-state index in [1.165, 1.54) is 11.6 Å². The van der Waals surface area contributed by atoms with Gasteiger partial charge in [-0.15, -0.1) is 0 Å². The number of hydrogen-bond acceptors (Lipinski definition) is 5. The van der Waals surface area contributed by atoms with E-state index in [0.29, 0.717) is 17.3 Å². The number of nitrogens with one attached hydrogen (secondary N) is 2. The van der Waals surface area contributed by atoms with E-state index in [9.17, 15) is 4.79 Å². The lowest BCUT2D eigenvalue weighted by molar-refractivity contribution is -0.117. The number of H-pyrrole nitrogens is 1. The van der Waals surface area contributed by atoms with Crippen molar-refractivity contribution < 1.29 is 9.53 Å². The van der Waals surface area contributed by atoms with Gasteiger partial charge in [-0.3, -0.25) is 9.78 Å². The zero-order valence-electron chi connectivity index (χ0n) is 18.3. The van der Waals surface area contributed by atoms with Gasteiger partial charge < -0.3 is 15.0 Å². The number of nitrogens with zero attached hydrogens (tertiary/aromatic N) is 3. The van der Waals surface area contributed by atoms with Crippen LogP contribution in [0.25, 0.3) is 33.2 Å². The lowest BCUT2D eigenvalue weighted by atomic mass is 10.1. The van der Waals surface area contributed by atoms with Crippen molar-refractivity contribution in [2.45, 2.75) is 18.9 Å². The van der Waals surface area contributed by atoms with Crippen molar-refractivity contribution in [1.82, 2.24) is 25.3 Å². The number of carbonyl (C=O) groups excluding carboxylic acids is 1. The molecule has 1 atom stereocenters. The second-order valence-electron chi connectivity index (χ2n) is 8.29. The first-order valence-corrected chi connectivity index (χ1v) is 11.1. The lowest BCUT2D eigenvalue weighted by Gasteiger charge is -2.14. The van der Waals surface area contributed by atoms with Crippen molar-refractivity contribution in [3.8, 4) is 22.8 Å². The number of pyridine rings is 1. The molecule has 6 rings (SSSR count). The maximum absolute atomic E-state index is 11.8. The molecule has 1 unspecified atom stereocenters. The van der Waals surface area contributed by atoms with Gasteiger partial charge >= 0.3 is 0 Å². The fraction of sp³-hybridized carbons (Fsp3) is 0.111. The normalized spacial score (nSPS) is 14.8. The van der Waals surface area contributed by atoms with Crippen LogP contribution in [-0.2, 0) is 11.2 Å². The third kappa shape index (κ3) is 3.57. The number of benzene rings is 2. The lowest BCUT2D eigenvalue weighted by Crippen LogP contribution is -2.24. The van der Waals surface area contributed by atoms with Crippen molar-refractivity contribution in [1.29, 1.82) is 0 Å². The van der Waals surface area contributed by atoms with E-state index < -0.39 is 0 Å². The van der Waals surface area contributed by atoms with Crippen LogP contribution in [0.1, 0.15) is 23.6 Å². The molecule has 0 saturated carbocycles. The van der Waals surface area contributed by atoms with Crippen LogP contribution in [0.15, 0.2) is 79.8 Å². The number of rotatable bonds is 5. The number of amides is 1. The highest BCUT2D eigenvalue weighted by atomic mass is 16.5. The van der Waals surface area contributed by atoms with Crippen molar-refractivity contribution in [2.75, 3.05) is 0 Å². The predicted molar refractivity (Wildman–Crippen MR) is 131 cm³/mol. The summed E-state index contributed by atoms with van der Waals surface area (Å²) in [6.07, 6.45) is 8.38. The third-order valence-electron chi connectivity index (χ3n) is 6.19. The molecule has 3 aromatic heterocycles. The molecule has 5 aromatic rings. The molecule has 0 spiro atoms.